The van der Waals surface area contributed by atoms with Gasteiger partial charge >= 0.3 is 0 Å². The lowest BCUT2D eigenvalue weighted by atomic mass is 9.84. The van der Waals surface area contributed by atoms with Gasteiger partial charge in [-0.3, -0.25) is 0 Å². The fourth-order valence-electron chi connectivity index (χ4n) is 2.63. The molecule has 16 heavy (non-hydrogen) atoms. The SMILES string of the molecule is CCC1CCCC(n2cc(CCN)nn2)C1. The van der Waals surface area contributed by atoms with Crippen LogP contribution in [0.3, 0.4) is 0 Å². The fourth-order valence-corrected chi connectivity index (χ4v) is 2.63. The Labute approximate surface area is 97.2 Å². The third-order valence-electron chi connectivity index (χ3n) is 3.66. The maximum absolute atomic E-state index is 5.51. The summed E-state index contributed by atoms with van der Waals surface area (Å²) in [5.74, 6) is 0.876. The molecule has 2 atom stereocenters. The van der Waals surface area contributed by atoms with E-state index in [2.05, 4.69) is 28.1 Å². The Morgan fingerprint density at radius 2 is 2.38 bits per heavy atom. The standard InChI is InChI=1S/C12H22N4/c1-2-10-4-3-5-12(8-10)16-9-11(6-7-13)14-15-16/h9-10,12H,2-8,13H2,1H3. The number of aromatic nitrogens is 3. The van der Waals surface area contributed by atoms with Crippen molar-refractivity contribution < 1.29 is 0 Å². The van der Waals surface area contributed by atoms with Gasteiger partial charge in [-0.1, -0.05) is 31.4 Å². The van der Waals surface area contributed by atoms with Gasteiger partial charge in [0.05, 0.1) is 11.7 Å². The third kappa shape index (κ3) is 2.61. The Morgan fingerprint density at radius 1 is 1.50 bits per heavy atom. The number of rotatable bonds is 4. The highest BCUT2D eigenvalue weighted by atomic mass is 15.4. The van der Waals surface area contributed by atoms with Gasteiger partial charge in [0.2, 0.25) is 0 Å². The molecule has 0 saturated heterocycles. The summed E-state index contributed by atoms with van der Waals surface area (Å²) in [6.45, 7) is 2.94. The molecule has 1 aliphatic carbocycles. The Kier molecular flexibility index (Phi) is 3.93. The summed E-state index contributed by atoms with van der Waals surface area (Å²) in [6, 6.07) is 0.567. The summed E-state index contributed by atoms with van der Waals surface area (Å²) < 4.78 is 2.06. The molecular weight excluding hydrogens is 200 g/mol. The van der Waals surface area contributed by atoms with Crippen LogP contribution in [0.25, 0.3) is 0 Å². The molecule has 2 unspecified atom stereocenters. The van der Waals surface area contributed by atoms with Crippen molar-refractivity contribution in [3.63, 3.8) is 0 Å². The van der Waals surface area contributed by atoms with Crippen LogP contribution in [0, 0.1) is 5.92 Å². The van der Waals surface area contributed by atoms with Crippen LogP contribution in [0.5, 0.6) is 0 Å². The van der Waals surface area contributed by atoms with Crippen LogP contribution in [0.15, 0.2) is 6.20 Å². The lowest BCUT2D eigenvalue weighted by molar-refractivity contribution is 0.245. The van der Waals surface area contributed by atoms with Gasteiger partial charge in [0.25, 0.3) is 0 Å². The lowest BCUT2D eigenvalue weighted by Crippen LogP contribution is -2.19. The van der Waals surface area contributed by atoms with Crippen molar-refractivity contribution in [3.05, 3.63) is 11.9 Å². The predicted molar refractivity (Wildman–Crippen MR) is 64.1 cm³/mol. The third-order valence-corrected chi connectivity index (χ3v) is 3.66. The molecule has 1 aliphatic rings. The Hall–Kier alpha value is -0.900. The van der Waals surface area contributed by atoms with Gasteiger partial charge in [-0.2, -0.15) is 0 Å². The number of hydrogen-bond acceptors (Lipinski definition) is 3. The van der Waals surface area contributed by atoms with Crippen molar-refractivity contribution in [2.45, 2.75) is 51.5 Å². The first kappa shape index (κ1) is 11.6. The van der Waals surface area contributed by atoms with Crippen LogP contribution < -0.4 is 5.73 Å². The zero-order valence-electron chi connectivity index (χ0n) is 10.1. The van der Waals surface area contributed by atoms with Crippen molar-refractivity contribution in [1.29, 1.82) is 0 Å². The average molecular weight is 222 g/mol. The number of nitrogens with two attached hydrogens (primary N) is 1. The lowest BCUT2D eigenvalue weighted by Gasteiger charge is -2.28. The fraction of sp³-hybridized carbons (Fsp3) is 0.833. The minimum absolute atomic E-state index is 0.567. The minimum Gasteiger partial charge on any atom is -0.330 e. The molecule has 1 aromatic rings. The van der Waals surface area contributed by atoms with Gasteiger partial charge < -0.3 is 5.73 Å². The van der Waals surface area contributed by atoms with Crippen molar-refractivity contribution in [1.82, 2.24) is 15.0 Å². The van der Waals surface area contributed by atoms with E-state index in [1.165, 1.54) is 32.1 Å². The van der Waals surface area contributed by atoms with Gasteiger partial charge in [0, 0.05) is 12.6 Å². The van der Waals surface area contributed by atoms with Gasteiger partial charge in [-0.25, -0.2) is 4.68 Å². The molecule has 4 nitrogen and oxygen atoms in total. The highest BCUT2D eigenvalue weighted by Gasteiger charge is 2.22. The van der Waals surface area contributed by atoms with E-state index in [1.807, 2.05) is 0 Å². The molecule has 0 amide bonds. The van der Waals surface area contributed by atoms with Gasteiger partial charge in [0.1, 0.15) is 0 Å². The largest absolute Gasteiger partial charge is 0.330 e. The molecule has 0 aromatic carbocycles. The molecule has 1 fully saturated rings. The van der Waals surface area contributed by atoms with Gasteiger partial charge in [0.15, 0.2) is 0 Å². The monoisotopic (exact) mass is 222 g/mol. The zero-order valence-corrected chi connectivity index (χ0v) is 10.1. The van der Waals surface area contributed by atoms with E-state index in [0.717, 1.165) is 18.0 Å². The van der Waals surface area contributed by atoms with E-state index in [1.54, 1.807) is 0 Å². The van der Waals surface area contributed by atoms with Crippen LogP contribution in [-0.2, 0) is 6.42 Å². The average Bonchev–Trinajstić information content (AvgIpc) is 2.78. The maximum Gasteiger partial charge on any atom is 0.0839 e. The summed E-state index contributed by atoms with van der Waals surface area (Å²) in [5, 5.41) is 8.40. The van der Waals surface area contributed by atoms with Crippen molar-refractivity contribution >= 4 is 0 Å². The van der Waals surface area contributed by atoms with Crippen molar-refractivity contribution in [2.24, 2.45) is 11.7 Å². The van der Waals surface area contributed by atoms with Crippen LogP contribution in [-0.4, -0.2) is 21.5 Å². The number of hydrogen-bond donors (Lipinski definition) is 1. The molecule has 0 spiro atoms. The van der Waals surface area contributed by atoms with Crippen molar-refractivity contribution in [2.75, 3.05) is 6.54 Å². The van der Waals surface area contributed by atoms with Crippen molar-refractivity contribution in [3.8, 4) is 0 Å². The molecule has 1 aromatic heterocycles. The normalized spacial score (nSPS) is 25.9. The molecule has 4 heteroatoms. The predicted octanol–water partition coefficient (Wildman–Crippen LogP) is 1.92. The molecule has 2 rings (SSSR count). The Morgan fingerprint density at radius 3 is 3.12 bits per heavy atom. The van der Waals surface area contributed by atoms with E-state index >= 15 is 0 Å². The van der Waals surface area contributed by atoms with E-state index in [0.29, 0.717) is 12.6 Å². The summed E-state index contributed by atoms with van der Waals surface area (Å²) >= 11 is 0. The van der Waals surface area contributed by atoms with E-state index in [4.69, 9.17) is 5.73 Å². The van der Waals surface area contributed by atoms with E-state index in [9.17, 15) is 0 Å². The first-order chi connectivity index (χ1) is 7.83. The Bertz CT molecular complexity index is 321. The number of nitrogens with zero attached hydrogens (tertiary/aromatic N) is 3. The summed E-state index contributed by atoms with van der Waals surface area (Å²) in [6.07, 6.45) is 9.44. The first-order valence-electron chi connectivity index (χ1n) is 6.44. The van der Waals surface area contributed by atoms with Crippen LogP contribution in [0.4, 0.5) is 0 Å². The summed E-state index contributed by atoms with van der Waals surface area (Å²) in [4.78, 5) is 0. The van der Waals surface area contributed by atoms with Gasteiger partial charge in [-0.15, -0.1) is 5.10 Å². The molecule has 90 valence electrons. The second-order valence-corrected chi connectivity index (χ2v) is 4.82. The zero-order chi connectivity index (χ0) is 11.4. The molecule has 1 saturated carbocycles. The second kappa shape index (κ2) is 5.43. The van der Waals surface area contributed by atoms with Gasteiger partial charge in [-0.05, 0) is 25.3 Å². The van der Waals surface area contributed by atoms with E-state index in [-0.39, 0.29) is 0 Å². The smallest absolute Gasteiger partial charge is 0.0839 e. The highest BCUT2D eigenvalue weighted by Crippen LogP contribution is 2.33. The molecular formula is C12H22N4. The second-order valence-electron chi connectivity index (χ2n) is 4.82. The van der Waals surface area contributed by atoms with Crippen LogP contribution in [0.1, 0.15) is 50.8 Å². The van der Waals surface area contributed by atoms with E-state index < -0.39 is 0 Å². The first-order valence-corrected chi connectivity index (χ1v) is 6.44. The summed E-state index contributed by atoms with van der Waals surface area (Å²) in [7, 11) is 0. The minimum atomic E-state index is 0.567. The molecule has 0 radical (unpaired) electrons. The Balaban J connectivity index is 1.99. The topological polar surface area (TPSA) is 56.7 Å². The molecule has 2 N–H and O–H groups in total. The highest BCUT2D eigenvalue weighted by molar-refractivity contribution is 4.94. The van der Waals surface area contributed by atoms with Crippen LogP contribution >= 0.6 is 0 Å². The summed E-state index contributed by atoms with van der Waals surface area (Å²) in [5.41, 5.74) is 6.54. The quantitative estimate of drug-likeness (QED) is 0.846. The van der Waals surface area contributed by atoms with Crippen LogP contribution in [0.2, 0.25) is 0 Å². The molecule has 1 heterocycles. The molecule has 0 bridgehead atoms. The maximum atomic E-state index is 5.51. The molecule has 0 aliphatic heterocycles.